The molecule has 0 saturated carbocycles. The van der Waals surface area contributed by atoms with Gasteiger partial charge >= 0.3 is 0 Å². The van der Waals surface area contributed by atoms with Crippen molar-refractivity contribution in [1.29, 1.82) is 0 Å². The first-order valence-electron chi connectivity index (χ1n) is 21.1. The lowest BCUT2D eigenvalue weighted by Crippen LogP contribution is -2.59. The Kier molecular flexibility index (Phi) is 17.5. The quantitative estimate of drug-likeness (QED) is 0.0213. The summed E-state index contributed by atoms with van der Waals surface area (Å²) in [4.78, 5) is 121. The van der Waals surface area contributed by atoms with Crippen molar-refractivity contribution in [3.63, 3.8) is 0 Å². The molecule has 2 aromatic carbocycles. The van der Waals surface area contributed by atoms with E-state index >= 15 is 0 Å². The van der Waals surface area contributed by atoms with Crippen LogP contribution in [0.3, 0.4) is 0 Å². The van der Waals surface area contributed by atoms with Gasteiger partial charge in [-0.3, -0.25) is 43.3 Å². The maximum atomic E-state index is 14.5. The van der Waals surface area contributed by atoms with E-state index in [0.717, 1.165) is 16.5 Å². The fourth-order valence-electron chi connectivity index (χ4n) is 7.40. The van der Waals surface area contributed by atoms with Crippen molar-refractivity contribution in [1.82, 2.24) is 51.8 Å². The van der Waals surface area contributed by atoms with Gasteiger partial charge in [-0.2, -0.15) is 0 Å². The fourth-order valence-corrected chi connectivity index (χ4v) is 7.40. The molecule has 1 aliphatic heterocycles. The zero-order valence-corrected chi connectivity index (χ0v) is 35.9. The maximum Gasteiger partial charge on any atom is 0.245 e. The monoisotopic (exact) mass is 896 g/mol. The molecule has 8 amide bonds. The fraction of sp³-hybridized carbons (Fsp3) is 0.395. The average Bonchev–Trinajstić information content (AvgIpc) is 4.08. The van der Waals surface area contributed by atoms with Crippen LogP contribution in [0.2, 0.25) is 0 Å². The van der Waals surface area contributed by atoms with Crippen LogP contribution in [0.15, 0.2) is 78.3 Å². The van der Waals surface area contributed by atoms with E-state index in [1.165, 1.54) is 24.3 Å². The van der Waals surface area contributed by atoms with Gasteiger partial charge in [0.1, 0.15) is 30.2 Å². The normalized spacial score (nSPS) is 15.1. The number of para-hydroxylation sites is 1. The summed E-state index contributed by atoms with van der Waals surface area (Å²) in [5.41, 5.74) is 19.6. The van der Waals surface area contributed by atoms with Crippen molar-refractivity contribution in [3.8, 4) is 0 Å². The molecule has 3 heterocycles. The van der Waals surface area contributed by atoms with Gasteiger partial charge in [-0.25, -0.2) is 4.98 Å². The number of nitrogens with zero attached hydrogens (tertiary/aromatic N) is 3. The molecule has 65 heavy (non-hydrogen) atoms. The number of fused-ring (bicyclic) bond motifs is 1. The second kappa shape index (κ2) is 23.6. The molecule has 0 aliphatic carbocycles. The van der Waals surface area contributed by atoms with Crippen molar-refractivity contribution in [2.45, 2.75) is 82.1 Å². The topological polar surface area (TPSA) is 347 Å². The molecule has 0 spiro atoms. The molecule has 1 aliphatic rings. The van der Waals surface area contributed by atoms with Gasteiger partial charge < -0.3 is 64.0 Å². The Hall–Kier alpha value is -7.78. The number of benzene rings is 2. The number of aromatic amines is 2. The van der Waals surface area contributed by atoms with Crippen LogP contribution in [-0.2, 0) is 57.6 Å². The summed E-state index contributed by atoms with van der Waals surface area (Å²) in [6, 6.07) is 10.4. The molecule has 4 aromatic rings. The number of hydrogen-bond donors (Lipinski definition) is 11. The van der Waals surface area contributed by atoms with E-state index in [-0.39, 0.29) is 64.1 Å². The minimum atomic E-state index is -1.30. The second-order valence-electron chi connectivity index (χ2n) is 15.6. The van der Waals surface area contributed by atoms with Crippen LogP contribution in [0.25, 0.3) is 10.9 Å². The van der Waals surface area contributed by atoms with Crippen molar-refractivity contribution in [2.24, 2.45) is 22.2 Å². The third-order valence-corrected chi connectivity index (χ3v) is 10.6. The first-order chi connectivity index (χ1) is 31.2. The number of carbonyl (C=O) groups excluding carboxylic acids is 8. The number of likely N-dealkylation sites (tertiary alicyclic amines) is 1. The van der Waals surface area contributed by atoms with Gasteiger partial charge in [0.25, 0.3) is 0 Å². The van der Waals surface area contributed by atoms with E-state index in [0.29, 0.717) is 17.7 Å². The van der Waals surface area contributed by atoms with Gasteiger partial charge in [0.05, 0.1) is 19.4 Å². The highest BCUT2D eigenvalue weighted by atomic mass is 16.2. The molecule has 5 rings (SSSR count). The number of amides is 8. The van der Waals surface area contributed by atoms with Crippen LogP contribution in [0, 0.1) is 0 Å². The summed E-state index contributed by atoms with van der Waals surface area (Å²) in [5.74, 6) is -5.41. The molecule has 1 saturated heterocycles. The van der Waals surface area contributed by atoms with E-state index in [1.54, 1.807) is 36.5 Å². The highest BCUT2D eigenvalue weighted by Gasteiger charge is 2.39. The van der Waals surface area contributed by atoms with E-state index in [9.17, 15) is 38.4 Å². The number of primary amides is 1. The largest absolute Gasteiger partial charge is 0.370 e. The van der Waals surface area contributed by atoms with Crippen LogP contribution < -0.4 is 49.1 Å². The first kappa shape index (κ1) is 48.3. The minimum Gasteiger partial charge on any atom is -0.370 e. The molecule has 2 aromatic heterocycles. The molecule has 22 heteroatoms. The van der Waals surface area contributed by atoms with E-state index in [2.05, 4.69) is 51.8 Å². The van der Waals surface area contributed by atoms with E-state index in [1.807, 2.05) is 24.3 Å². The van der Waals surface area contributed by atoms with Gasteiger partial charge in [-0.05, 0) is 42.9 Å². The smallest absolute Gasteiger partial charge is 0.245 e. The molecule has 346 valence electrons. The van der Waals surface area contributed by atoms with Crippen LogP contribution >= 0.6 is 0 Å². The van der Waals surface area contributed by atoms with Crippen molar-refractivity contribution in [2.75, 3.05) is 26.2 Å². The predicted octanol–water partition coefficient (Wildman–Crippen LogP) is -2.36. The number of aliphatic imine (C=N–C) groups is 1. The minimum absolute atomic E-state index is 0.0308. The van der Waals surface area contributed by atoms with Crippen LogP contribution in [0.5, 0.6) is 0 Å². The Morgan fingerprint density at radius 1 is 0.785 bits per heavy atom. The number of H-pyrrole nitrogens is 2. The number of carbonyl (C=O) groups is 8. The van der Waals surface area contributed by atoms with E-state index in [4.69, 9.17) is 17.2 Å². The number of guanidine groups is 1. The number of aromatic nitrogens is 3. The van der Waals surface area contributed by atoms with Crippen molar-refractivity contribution < 1.29 is 38.4 Å². The summed E-state index contributed by atoms with van der Waals surface area (Å²) >= 11 is 0. The Morgan fingerprint density at radius 3 is 2.17 bits per heavy atom. The average molecular weight is 897 g/mol. The van der Waals surface area contributed by atoms with Crippen LogP contribution in [-0.4, -0.2) is 129 Å². The highest BCUT2D eigenvalue weighted by molar-refractivity contribution is 5.97. The second-order valence-corrected chi connectivity index (χ2v) is 15.6. The molecule has 1 unspecified atom stereocenters. The Bertz CT molecular complexity index is 2330. The molecule has 22 nitrogen and oxygen atoms in total. The van der Waals surface area contributed by atoms with Gasteiger partial charge in [-0.1, -0.05) is 48.5 Å². The van der Waals surface area contributed by atoms with Gasteiger partial charge in [0.15, 0.2) is 5.96 Å². The zero-order chi connectivity index (χ0) is 46.9. The lowest BCUT2D eigenvalue weighted by molar-refractivity contribution is -0.142. The summed E-state index contributed by atoms with van der Waals surface area (Å²) in [5, 5.41) is 16.4. The van der Waals surface area contributed by atoms with E-state index < -0.39 is 84.0 Å². The molecule has 5 atom stereocenters. The third-order valence-electron chi connectivity index (χ3n) is 10.6. The summed E-state index contributed by atoms with van der Waals surface area (Å²) < 4.78 is 0. The van der Waals surface area contributed by atoms with Crippen molar-refractivity contribution >= 4 is 64.1 Å². The van der Waals surface area contributed by atoms with Crippen LogP contribution in [0.4, 0.5) is 0 Å². The van der Waals surface area contributed by atoms with Gasteiger partial charge in [0.2, 0.25) is 47.3 Å². The molecule has 0 radical (unpaired) electrons. The molecule has 1 fully saturated rings. The number of nitrogens with two attached hydrogens (primary N) is 3. The third kappa shape index (κ3) is 14.6. The summed E-state index contributed by atoms with van der Waals surface area (Å²) in [6.45, 7) is 0.647. The number of imidazole rings is 1. The lowest BCUT2D eigenvalue weighted by atomic mass is 10.0. The summed E-state index contributed by atoms with van der Waals surface area (Å²) in [6.07, 6.45) is 5.59. The van der Waals surface area contributed by atoms with Gasteiger partial charge in [-0.15, -0.1) is 0 Å². The van der Waals surface area contributed by atoms with Crippen LogP contribution in [0.1, 0.15) is 49.4 Å². The molecule has 0 bridgehead atoms. The predicted molar refractivity (Wildman–Crippen MR) is 238 cm³/mol. The SMILES string of the molecule is CC(=O)NCC(=O)NCC(=O)N[C@@H](Cc1cnc[nH]1)C(=O)NC(Cc1ccccc1)C(=O)N[C@@H](CCCN=C(N)N)C(=O)N1CCC[C@H]1C(=O)N[C@@H](Cc1c[nH]c2ccccc12)C(N)=O. The number of nitrogens with one attached hydrogen (secondary N) is 8. The molecule has 14 N–H and O–H groups in total. The zero-order valence-electron chi connectivity index (χ0n) is 35.9. The highest BCUT2D eigenvalue weighted by Crippen LogP contribution is 2.22. The Balaban J connectivity index is 1.34. The number of rotatable bonds is 23. The maximum absolute atomic E-state index is 14.5. The Labute approximate surface area is 374 Å². The molecular formula is C43H56N14O8. The standard InChI is InChI=1S/C43H56N14O8/c1-25(58)49-22-36(59)51-23-37(60)53-34(19-28-21-47-24-52-28)40(63)56-33(17-26-9-3-2-4-10-26)39(62)54-31(13-7-15-48-43(45)46)42(65)57-16-8-14-35(57)41(64)55-32(38(44)61)18-27-20-50-30-12-6-5-11-29(27)30/h2-6,9-12,20-21,24,31-35,50H,7-8,13-19,22-23H2,1H3,(H2,44,61)(H,47,52)(H,49,58)(H,51,59)(H,53,60)(H,54,62)(H,55,64)(H,56,63)(H4,45,46,48)/t31-,32-,33?,34-,35-/m0/s1. The van der Waals surface area contributed by atoms with Crippen molar-refractivity contribution in [3.05, 3.63) is 90.1 Å². The molecular weight excluding hydrogens is 841 g/mol. The first-order valence-corrected chi connectivity index (χ1v) is 21.1. The lowest BCUT2D eigenvalue weighted by Gasteiger charge is -2.31. The number of hydrogen-bond acceptors (Lipinski definition) is 10. The summed E-state index contributed by atoms with van der Waals surface area (Å²) in [7, 11) is 0. The Morgan fingerprint density at radius 2 is 1.48 bits per heavy atom. The van der Waals surface area contributed by atoms with Gasteiger partial charge in [0, 0.05) is 68.3 Å².